The van der Waals surface area contributed by atoms with Crippen molar-refractivity contribution < 1.29 is 22.1 Å². The monoisotopic (exact) mass is 355 g/mol. The molecular weight excluding hydrogens is 344 g/mol. The molecule has 0 aliphatic rings. The van der Waals surface area contributed by atoms with Gasteiger partial charge >= 0.3 is 0 Å². The number of nitrogens with one attached hydrogen (secondary N) is 1. The summed E-state index contributed by atoms with van der Waals surface area (Å²) < 4.78 is 49.9. The van der Waals surface area contributed by atoms with Crippen LogP contribution in [0.25, 0.3) is 0 Å². The van der Waals surface area contributed by atoms with Crippen LogP contribution < -0.4 is 4.83 Å². The van der Waals surface area contributed by atoms with E-state index in [-0.39, 0.29) is 16.1 Å². The van der Waals surface area contributed by atoms with Crippen molar-refractivity contribution in [1.82, 2.24) is 4.83 Å². The van der Waals surface area contributed by atoms with Crippen molar-refractivity contribution in [3.05, 3.63) is 69.3 Å². The number of nitro benzene ring substituents is 1. The van der Waals surface area contributed by atoms with Gasteiger partial charge in [-0.05, 0) is 30.7 Å². The number of nitrogens with zero attached hydrogens (tertiary/aromatic N) is 2. The van der Waals surface area contributed by atoms with Crippen LogP contribution in [0.15, 0.2) is 46.4 Å². The van der Waals surface area contributed by atoms with Crippen LogP contribution in [0.1, 0.15) is 11.1 Å². The minimum atomic E-state index is -4.14. The van der Waals surface area contributed by atoms with Crippen molar-refractivity contribution in [2.75, 3.05) is 0 Å². The second-order valence-corrected chi connectivity index (χ2v) is 6.39. The molecule has 0 atom stereocenters. The minimum Gasteiger partial charge on any atom is -0.258 e. The fraction of sp³-hybridized carbons (Fsp3) is 0.0714. The molecule has 0 spiro atoms. The van der Waals surface area contributed by atoms with Crippen LogP contribution in [-0.4, -0.2) is 19.6 Å². The zero-order valence-electron chi connectivity index (χ0n) is 12.2. The highest BCUT2D eigenvalue weighted by Crippen LogP contribution is 2.22. The Kier molecular flexibility index (Phi) is 4.88. The highest BCUT2D eigenvalue weighted by atomic mass is 32.2. The summed E-state index contributed by atoms with van der Waals surface area (Å²) in [5.74, 6) is -2.14. The molecule has 2 aromatic carbocycles. The summed E-state index contributed by atoms with van der Waals surface area (Å²) in [5.41, 5.74) is 0.0955. The largest absolute Gasteiger partial charge is 0.276 e. The molecule has 0 saturated heterocycles. The lowest BCUT2D eigenvalue weighted by Gasteiger charge is -2.04. The van der Waals surface area contributed by atoms with Crippen molar-refractivity contribution in [3.63, 3.8) is 0 Å². The van der Waals surface area contributed by atoms with Crippen LogP contribution in [0.3, 0.4) is 0 Å². The van der Waals surface area contributed by atoms with Crippen molar-refractivity contribution in [1.29, 1.82) is 0 Å². The molecule has 0 heterocycles. The number of halogens is 2. The molecule has 0 saturated carbocycles. The number of nitro groups is 1. The predicted molar refractivity (Wildman–Crippen MR) is 82.1 cm³/mol. The average Bonchev–Trinajstić information content (AvgIpc) is 2.50. The summed E-state index contributed by atoms with van der Waals surface area (Å²) in [6.45, 7) is 1.48. The predicted octanol–water partition coefficient (Wildman–Crippen LogP) is 2.49. The van der Waals surface area contributed by atoms with Gasteiger partial charge in [0.05, 0.1) is 16.0 Å². The number of hydrogen-bond donors (Lipinski definition) is 1. The molecule has 0 aromatic heterocycles. The highest BCUT2D eigenvalue weighted by molar-refractivity contribution is 7.89. The van der Waals surface area contributed by atoms with E-state index < -0.39 is 26.6 Å². The van der Waals surface area contributed by atoms with E-state index in [0.717, 1.165) is 24.4 Å². The molecule has 126 valence electrons. The van der Waals surface area contributed by atoms with E-state index >= 15 is 0 Å². The molecule has 2 rings (SSSR count). The quantitative estimate of drug-likeness (QED) is 0.506. The lowest BCUT2D eigenvalue weighted by Crippen LogP contribution is -2.18. The molecule has 0 amide bonds. The molecule has 24 heavy (non-hydrogen) atoms. The van der Waals surface area contributed by atoms with Gasteiger partial charge in [-0.1, -0.05) is 12.1 Å². The van der Waals surface area contributed by atoms with Crippen LogP contribution in [0.2, 0.25) is 0 Å². The van der Waals surface area contributed by atoms with Gasteiger partial charge < -0.3 is 0 Å². The first-order chi connectivity index (χ1) is 11.2. The van der Waals surface area contributed by atoms with Gasteiger partial charge in [-0.2, -0.15) is 13.5 Å². The van der Waals surface area contributed by atoms with Gasteiger partial charge in [0, 0.05) is 11.6 Å². The molecule has 0 fully saturated rings. The van der Waals surface area contributed by atoms with Crippen molar-refractivity contribution in [2.24, 2.45) is 5.10 Å². The summed E-state index contributed by atoms with van der Waals surface area (Å²) in [5, 5.41) is 14.3. The summed E-state index contributed by atoms with van der Waals surface area (Å²) in [4.78, 5) is 11.7. The Hall–Kier alpha value is -2.88. The van der Waals surface area contributed by atoms with Crippen molar-refractivity contribution in [2.45, 2.75) is 11.8 Å². The van der Waals surface area contributed by atoms with Gasteiger partial charge in [0.25, 0.3) is 15.7 Å². The Morgan fingerprint density at radius 2 is 1.88 bits per heavy atom. The van der Waals surface area contributed by atoms with E-state index in [1.54, 1.807) is 0 Å². The van der Waals surface area contributed by atoms with E-state index in [9.17, 15) is 27.3 Å². The molecule has 2 aromatic rings. The molecule has 7 nitrogen and oxygen atoms in total. The fourth-order valence-electron chi connectivity index (χ4n) is 1.77. The maximum Gasteiger partial charge on any atom is 0.276 e. The van der Waals surface area contributed by atoms with Crippen molar-refractivity contribution in [3.8, 4) is 0 Å². The Balaban J connectivity index is 2.22. The summed E-state index contributed by atoms with van der Waals surface area (Å²) in [7, 11) is -4.14. The van der Waals surface area contributed by atoms with Crippen LogP contribution in [0.4, 0.5) is 14.5 Å². The number of hydrogen-bond acceptors (Lipinski definition) is 5. The van der Waals surface area contributed by atoms with Crippen LogP contribution in [0.5, 0.6) is 0 Å². The normalized spacial score (nSPS) is 11.6. The van der Waals surface area contributed by atoms with Crippen LogP contribution in [-0.2, 0) is 10.0 Å². The molecule has 0 aliphatic heterocycles. The maximum absolute atomic E-state index is 13.0. The Morgan fingerprint density at radius 3 is 2.50 bits per heavy atom. The van der Waals surface area contributed by atoms with Gasteiger partial charge in [-0.25, -0.2) is 13.6 Å². The summed E-state index contributed by atoms with van der Waals surface area (Å²) in [6.07, 6.45) is 0.975. The molecular formula is C14H11F2N3O4S. The third-order valence-corrected chi connectivity index (χ3v) is 4.24. The number of benzene rings is 2. The molecule has 0 unspecified atom stereocenters. The average molecular weight is 355 g/mol. The molecule has 10 heteroatoms. The van der Waals surface area contributed by atoms with Crippen LogP contribution >= 0.6 is 0 Å². The van der Waals surface area contributed by atoms with E-state index in [0.29, 0.717) is 5.56 Å². The Morgan fingerprint density at radius 1 is 1.17 bits per heavy atom. The van der Waals surface area contributed by atoms with Crippen molar-refractivity contribution >= 4 is 21.9 Å². The van der Waals surface area contributed by atoms with Gasteiger partial charge in [0.2, 0.25) is 0 Å². The standard InChI is InChI=1S/C14H11F2N3O4S/c1-9-2-4-11(7-14(9)19(20)21)24(22,23)18-17-8-10-3-5-12(15)13(16)6-10/h2-8,18H,1H3/b17-8-. The molecule has 1 N–H and O–H groups in total. The lowest BCUT2D eigenvalue weighted by molar-refractivity contribution is -0.385. The highest BCUT2D eigenvalue weighted by Gasteiger charge is 2.19. The molecule has 0 radical (unpaired) electrons. The van der Waals surface area contributed by atoms with E-state index in [1.807, 2.05) is 4.83 Å². The Bertz CT molecular complexity index is 930. The maximum atomic E-state index is 13.0. The number of sulfonamides is 1. The zero-order chi connectivity index (χ0) is 17.9. The second-order valence-electron chi connectivity index (χ2n) is 4.73. The summed E-state index contributed by atoms with van der Waals surface area (Å²) in [6, 6.07) is 6.31. The fourth-order valence-corrected chi connectivity index (χ4v) is 2.58. The topological polar surface area (TPSA) is 102 Å². The third-order valence-electron chi connectivity index (χ3n) is 3.02. The molecule has 0 aliphatic carbocycles. The molecule has 0 bridgehead atoms. The first-order valence-corrected chi connectivity index (χ1v) is 7.94. The Labute approximate surface area is 135 Å². The van der Waals surface area contributed by atoms with E-state index in [2.05, 4.69) is 5.10 Å². The van der Waals surface area contributed by atoms with E-state index in [4.69, 9.17) is 0 Å². The first-order valence-electron chi connectivity index (χ1n) is 6.45. The lowest BCUT2D eigenvalue weighted by atomic mass is 10.2. The zero-order valence-corrected chi connectivity index (χ0v) is 13.0. The van der Waals surface area contributed by atoms with E-state index in [1.165, 1.54) is 25.1 Å². The van der Waals surface area contributed by atoms with Gasteiger partial charge in [0.1, 0.15) is 0 Å². The number of rotatable bonds is 5. The van der Waals surface area contributed by atoms with Crippen LogP contribution in [0, 0.1) is 28.7 Å². The minimum absolute atomic E-state index is 0.131. The SMILES string of the molecule is Cc1ccc(S(=O)(=O)N/N=C\c2ccc(F)c(F)c2)cc1[N+](=O)[O-]. The number of hydrazone groups is 1. The third kappa shape index (κ3) is 3.90. The summed E-state index contributed by atoms with van der Waals surface area (Å²) >= 11 is 0. The first kappa shape index (κ1) is 17.5. The second kappa shape index (κ2) is 6.71. The van der Waals surface area contributed by atoms with Gasteiger partial charge in [-0.15, -0.1) is 0 Å². The smallest absolute Gasteiger partial charge is 0.258 e. The van der Waals surface area contributed by atoms with Gasteiger partial charge in [-0.3, -0.25) is 10.1 Å². The number of aryl methyl sites for hydroxylation is 1. The van der Waals surface area contributed by atoms with Gasteiger partial charge in [0.15, 0.2) is 11.6 Å².